The minimum absolute atomic E-state index is 0.00627. The molecular formula is C14H19BrN4O. The van der Waals surface area contributed by atoms with Crippen molar-refractivity contribution >= 4 is 27.5 Å². The van der Waals surface area contributed by atoms with E-state index in [9.17, 15) is 0 Å². The van der Waals surface area contributed by atoms with Gasteiger partial charge in [0.2, 0.25) is 5.95 Å². The third-order valence-corrected chi connectivity index (χ3v) is 4.41. The van der Waals surface area contributed by atoms with Gasteiger partial charge in [-0.1, -0.05) is 0 Å². The number of hydrogen-bond donors (Lipinski definition) is 0. The lowest BCUT2D eigenvalue weighted by Crippen LogP contribution is -2.44. The topological polar surface area (TPSA) is 42.7 Å². The number of anilines is 1. The normalized spacial score (nSPS) is 18.6. The second kappa shape index (κ2) is 5.33. The first kappa shape index (κ1) is 13.8. The highest BCUT2D eigenvalue weighted by atomic mass is 79.9. The lowest BCUT2D eigenvalue weighted by Gasteiger charge is -2.39. The number of rotatable bonds is 3. The van der Waals surface area contributed by atoms with E-state index in [1.165, 1.54) is 0 Å². The molecule has 108 valence electrons. The minimum Gasteiger partial charge on any atom is -0.375 e. The van der Waals surface area contributed by atoms with Crippen LogP contribution in [0.15, 0.2) is 22.8 Å². The molecule has 5 nitrogen and oxygen atoms in total. The van der Waals surface area contributed by atoms with Crippen molar-refractivity contribution in [1.29, 1.82) is 0 Å². The summed E-state index contributed by atoms with van der Waals surface area (Å²) in [5.41, 5.74) is 0.883. The Kier molecular flexibility index (Phi) is 3.69. The summed E-state index contributed by atoms with van der Waals surface area (Å²) < 4.78 is 8.93. The number of nitrogens with zero attached hydrogens (tertiary/aromatic N) is 4. The van der Waals surface area contributed by atoms with Crippen LogP contribution in [-0.2, 0) is 4.74 Å². The summed E-state index contributed by atoms with van der Waals surface area (Å²) in [6, 6.07) is 3.95. The number of piperidine rings is 1. The van der Waals surface area contributed by atoms with Crippen LogP contribution in [0, 0.1) is 0 Å². The maximum Gasteiger partial charge on any atom is 0.231 e. The molecule has 1 fully saturated rings. The Hall–Kier alpha value is -1.14. The van der Waals surface area contributed by atoms with Crippen LogP contribution in [0.1, 0.15) is 26.7 Å². The molecule has 0 aliphatic carbocycles. The number of aromatic nitrogens is 3. The monoisotopic (exact) mass is 338 g/mol. The van der Waals surface area contributed by atoms with Crippen LogP contribution in [0.5, 0.6) is 0 Å². The fraction of sp³-hybridized carbons (Fsp3) is 0.571. The summed E-state index contributed by atoms with van der Waals surface area (Å²) in [5.74, 6) is 0.917. The highest BCUT2D eigenvalue weighted by molar-refractivity contribution is 9.10. The summed E-state index contributed by atoms with van der Waals surface area (Å²) in [4.78, 5) is 2.28. The van der Waals surface area contributed by atoms with Crippen molar-refractivity contribution in [3.63, 3.8) is 0 Å². The first-order chi connectivity index (χ1) is 9.61. The highest BCUT2D eigenvalue weighted by Gasteiger charge is 2.31. The van der Waals surface area contributed by atoms with E-state index in [0.717, 1.165) is 48.6 Å². The van der Waals surface area contributed by atoms with Crippen molar-refractivity contribution in [2.24, 2.45) is 0 Å². The van der Waals surface area contributed by atoms with Crippen LogP contribution in [0.4, 0.5) is 5.95 Å². The predicted octanol–water partition coefficient (Wildman–Crippen LogP) is 2.89. The van der Waals surface area contributed by atoms with Crippen molar-refractivity contribution in [3.8, 4) is 0 Å². The molecule has 0 spiro atoms. The number of halogens is 1. The molecule has 1 saturated heterocycles. The van der Waals surface area contributed by atoms with E-state index in [0.29, 0.717) is 0 Å². The van der Waals surface area contributed by atoms with E-state index in [4.69, 9.17) is 4.74 Å². The molecule has 0 bridgehead atoms. The van der Waals surface area contributed by atoms with Gasteiger partial charge in [-0.2, -0.15) is 0 Å². The van der Waals surface area contributed by atoms with Crippen LogP contribution >= 0.6 is 15.9 Å². The molecule has 0 aromatic carbocycles. The van der Waals surface area contributed by atoms with Crippen LogP contribution in [0.25, 0.3) is 5.65 Å². The summed E-state index contributed by atoms with van der Waals surface area (Å²) in [7, 11) is 0. The zero-order valence-electron chi connectivity index (χ0n) is 11.8. The van der Waals surface area contributed by atoms with Crippen LogP contribution in [0.3, 0.4) is 0 Å². The van der Waals surface area contributed by atoms with Gasteiger partial charge < -0.3 is 9.64 Å². The average Bonchev–Trinajstić information content (AvgIpc) is 2.83. The molecule has 0 radical (unpaired) electrons. The molecule has 0 unspecified atom stereocenters. The van der Waals surface area contributed by atoms with Crippen molar-refractivity contribution < 1.29 is 4.74 Å². The highest BCUT2D eigenvalue weighted by Crippen LogP contribution is 2.28. The van der Waals surface area contributed by atoms with Crippen LogP contribution in [0.2, 0.25) is 0 Å². The smallest absolute Gasteiger partial charge is 0.231 e. The van der Waals surface area contributed by atoms with Crippen molar-refractivity contribution in [2.45, 2.75) is 32.3 Å². The quantitative estimate of drug-likeness (QED) is 0.862. The molecule has 6 heteroatoms. The molecule has 1 aliphatic heterocycles. The SMILES string of the molecule is CCOC1(C)CCN(c2nnc3ccc(Br)cn23)CC1. The maximum atomic E-state index is 5.87. The number of fused-ring (bicyclic) bond motifs is 1. The first-order valence-corrected chi connectivity index (χ1v) is 7.80. The molecule has 3 heterocycles. The Labute approximate surface area is 127 Å². The molecule has 0 N–H and O–H groups in total. The summed E-state index contributed by atoms with van der Waals surface area (Å²) in [5, 5.41) is 8.56. The zero-order chi connectivity index (χ0) is 14.2. The van der Waals surface area contributed by atoms with E-state index < -0.39 is 0 Å². The second-order valence-corrected chi connectivity index (χ2v) is 6.36. The van der Waals surface area contributed by atoms with E-state index in [-0.39, 0.29) is 5.60 Å². The molecule has 20 heavy (non-hydrogen) atoms. The Morgan fingerprint density at radius 2 is 2.05 bits per heavy atom. The Balaban J connectivity index is 1.81. The van der Waals surface area contributed by atoms with E-state index >= 15 is 0 Å². The number of pyridine rings is 1. The lowest BCUT2D eigenvalue weighted by atomic mass is 9.93. The van der Waals surface area contributed by atoms with Gasteiger partial charge in [-0.3, -0.25) is 4.40 Å². The molecule has 2 aromatic rings. The summed E-state index contributed by atoms with van der Waals surface area (Å²) >= 11 is 3.50. The van der Waals surface area contributed by atoms with Gasteiger partial charge >= 0.3 is 0 Å². The van der Waals surface area contributed by atoms with Gasteiger partial charge in [-0.05, 0) is 54.8 Å². The maximum absolute atomic E-state index is 5.87. The fourth-order valence-electron chi connectivity index (χ4n) is 2.74. The molecule has 3 rings (SSSR count). The first-order valence-electron chi connectivity index (χ1n) is 7.00. The standard InChI is InChI=1S/C14H19BrN4O/c1-3-20-14(2)6-8-18(9-7-14)13-17-16-12-5-4-11(15)10-19(12)13/h4-5,10H,3,6-9H2,1-2H3. The van der Waals surface area contributed by atoms with Gasteiger partial charge in [-0.15, -0.1) is 10.2 Å². The third kappa shape index (κ3) is 2.54. The van der Waals surface area contributed by atoms with Gasteiger partial charge in [0.05, 0.1) is 5.60 Å². The Morgan fingerprint density at radius 3 is 2.75 bits per heavy atom. The molecule has 2 aromatic heterocycles. The Morgan fingerprint density at radius 1 is 1.30 bits per heavy atom. The van der Waals surface area contributed by atoms with Gasteiger partial charge in [-0.25, -0.2) is 0 Å². The van der Waals surface area contributed by atoms with Crippen molar-refractivity contribution in [3.05, 3.63) is 22.8 Å². The molecule has 1 aliphatic rings. The van der Waals surface area contributed by atoms with E-state index in [1.807, 2.05) is 22.7 Å². The van der Waals surface area contributed by atoms with Gasteiger partial charge in [0.1, 0.15) is 0 Å². The summed E-state index contributed by atoms with van der Waals surface area (Å²) in [6.07, 6.45) is 4.05. The number of hydrogen-bond acceptors (Lipinski definition) is 4. The van der Waals surface area contributed by atoms with E-state index in [1.54, 1.807) is 0 Å². The van der Waals surface area contributed by atoms with Gasteiger partial charge in [0.25, 0.3) is 0 Å². The van der Waals surface area contributed by atoms with Crippen molar-refractivity contribution in [2.75, 3.05) is 24.6 Å². The fourth-order valence-corrected chi connectivity index (χ4v) is 3.08. The Bertz CT molecular complexity index is 604. The number of ether oxygens (including phenoxy) is 1. The molecular weight excluding hydrogens is 320 g/mol. The zero-order valence-corrected chi connectivity index (χ0v) is 13.4. The van der Waals surface area contributed by atoms with Crippen molar-refractivity contribution in [1.82, 2.24) is 14.6 Å². The largest absolute Gasteiger partial charge is 0.375 e. The average molecular weight is 339 g/mol. The molecule has 0 saturated carbocycles. The molecule has 0 amide bonds. The second-order valence-electron chi connectivity index (χ2n) is 5.45. The van der Waals surface area contributed by atoms with Crippen LogP contribution in [-0.4, -0.2) is 39.9 Å². The summed E-state index contributed by atoms with van der Waals surface area (Å²) in [6.45, 7) is 6.93. The molecule has 0 atom stereocenters. The third-order valence-electron chi connectivity index (χ3n) is 3.95. The van der Waals surface area contributed by atoms with Gasteiger partial charge in [0.15, 0.2) is 5.65 Å². The predicted molar refractivity (Wildman–Crippen MR) is 82.2 cm³/mol. The minimum atomic E-state index is 0.00627. The van der Waals surface area contributed by atoms with Gasteiger partial charge in [0, 0.05) is 30.4 Å². The van der Waals surface area contributed by atoms with E-state index in [2.05, 4.69) is 44.9 Å². The lowest BCUT2D eigenvalue weighted by molar-refractivity contribution is -0.0415. The van der Waals surface area contributed by atoms with Crippen LogP contribution < -0.4 is 4.90 Å².